The van der Waals surface area contributed by atoms with Crippen molar-refractivity contribution in [3.63, 3.8) is 0 Å². The van der Waals surface area contributed by atoms with Crippen LogP contribution < -0.4 is 10.2 Å². The number of benzene rings is 2. The van der Waals surface area contributed by atoms with Crippen LogP contribution in [-0.2, 0) is 24.1 Å². The zero-order chi connectivity index (χ0) is 20.8. The Morgan fingerprint density at radius 1 is 0.903 bits per heavy atom. The van der Waals surface area contributed by atoms with Crippen LogP contribution in [0.3, 0.4) is 0 Å². The van der Waals surface area contributed by atoms with Crippen molar-refractivity contribution in [3.8, 4) is 0 Å². The second kappa shape index (κ2) is 11.4. The Morgan fingerprint density at radius 3 is 2.45 bits per heavy atom. The number of Topliss-reactive ketones (excluding diaryl/α,β-unsaturated/α-hetero) is 1. The van der Waals surface area contributed by atoms with Crippen molar-refractivity contribution in [3.05, 3.63) is 64.7 Å². The highest BCUT2D eigenvalue weighted by Gasteiger charge is 2.31. The molecule has 0 saturated heterocycles. The SMILES string of the molecule is Cl.O=C(CCCCCNCCCc1ccccc1)c1cc2c3c(c1)CCN3C(=O)CC2. The van der Waals surface area contributed by atoms with Gasteiger partial charge in [0.05, 0.1) is 5.69 Å². The molecule has 4 nitrogen and oxygen atoms in total. The Hall–Kier alpha value is -2.17. The van der Waals surface area contributed by atoms with E-state index in [1.807, 2.05) is 17.0 Å². The number of anilines is 1. The lowest BCUT2D eigenvalue weighted by Gasteiger charge is -2.25. The van der Waals surface area contributed by atoms with Crippen molar-refractivity contribution < 1.29 is 9.59 Å². The molecule has 1 amide bonds. The van der Waals surface area contributed by atoms with Crippen LogP contribution in [0.1, 0.15) is 65.6 Å². The standard InChI is InChI=1S/C26H32N2O2.ClH/c29-24(11-5-2-6-15-27-16-7-10-20-8-3-1-4-9-20)23-18-21-12-13-25(30)28-17-14-22(19-23)26(21)28;/h1,3-4,8-9,18-19,27H,2,5-7,10-17H2;1H. The van der Waals surface area contributed by atoms with Crippen molar-refractivity contribution in [2.24, 2.45) is 0 Å². The van der Waals surface area contributed by atoms with E-state index in [1.54, 1.807) is 0 Å². The lowest BCUT2D eigenvalue weighted by molar-refractivity contribution is -0.118. The van der Waals surface area contributed by atoms with Gasteiger partial charge in [0.15, 0.2) is 5.78 Å². The van der Waals surface area contributed by atoms with Gasteiger partial charge in [0.1, 0.15) is 0 Å². The number of halogens is 1. The number of hydrogen-bond donors (Lipinski definition) is 1. The Balaban J connectivity index is 0.00000272. The number of nitrogens with one attached hydrogen (secondary N) is 1. The molecule has 2 aromatic rings. The van der Waals surface area contributed by atoms with Gasteiger partial charge in [-0.15, -0.1) is 12.4 Å². The molecule has 2 aromatic carbocycles. The van der Waals surface area contributed by atoms with Crippen LogP contribution in [0.4, 0.5) is 5.69 Å². The maximum absolute atomic E-state index is 12.7. The minimum Gasteiger partial charge on any atom is -0.317 e. The third-order valence-electron chi connectivity index (χ3n) is 6.29. The van der Waals surface area contributed by atoms with Gasteiger partial charge in [0, 0.05) is 24.9 Å². The summed E-state index contributed by atoms with van der Waals surface area (Å²) in [6, 6.07) is 14.7. The molecule has 0 fully saturated rings. The van der Waals surface area contributed by atoms with E-state index in [1.165, 1.54) is 16.7 Å². The van der Waals surface area contributed by atoms with Gasteiger partial charge in [-0.05, 0) is 80.4 Å². The number of hydrogen-bond acceptors (Lipinski definition) is 3. The summed E-state index contributed by atoms with van der Waals surface area (Å²) < 4.78 is 0. The number of carbonyl (C=O) groups excluding carboxylic acids is 2. The van der Waals surface area contributed by atoms with Gasteiger partial charge >= 0.3 is 0 Å². The Labute approximate surface area is 191 Å². The van der Waals surface area contributed by atoms with Gasteiger partial charge in [-0.2, -0.15) is 0 Å². The molecule has 2 heterocycles. The van der Waals surface area contributed by atoms with Gasteiger partial charge in [-0.25, -0.2) is 0 Å². The largest absolute Gasteiger partial charge is 0.317 e. The molecular weight excluding hydrogens is 408 g/mol. The smallest absolute Gasteiger partial charge is 0.227 e. The van der Waals surface area contributed by atoms with Crippen LogP contribution in [-0.4, -0.2) is 31.3 Å². The predicted molar refractivity (Wildman–Crippen MR) is 128 cm³/mol. The van der Waals surface area contributed by atoms with Gasteiger partial charge in [0.2, 0.25) is 5.91 Å². The van der Waals surface area contributed by atoms with Crippen molar-refractivity contribution in [1.82, 2.24) is 5.32 Å². The summed E-state index contributed by atoms with van der Waals surface area (Å²) >= 11 is 0. The van der Waals surface area contributed by atoms with Gasteiger partial charge < -0.3 is 10.2 Å². The van der Waals surface area contributed by atoms with Gasteiger partial charge in [0.25, 0.3) is 0 Å². The summed E-state index contributed by atoms with van der Waals surface area (Å²) in [7, 11) is 0. The fraction of sp³-hybridized carbons (Fsp3) is 0.462. The number of ketones is 1. The van der Waals surface area contributed by atoms with E-state index in [0.29, 0.717) is 12.8 Å². The minimum atomic E-state index is 0. The molecular formula is C26H33ClN2O2. The van der Waals surface area contributed by atoms with E-state index in [9.17, 15) is 9.59 Å². The molecule has 31 heavy (non-hydrogen) atoms. The molecule has 4 rings (SSSR count). The van der Waals surface area contributed by atoms with Crippen molar-refractivity contribution >= 4 is 29.8 Å². The van der Waals surface area contributed by atoms with Gasteiger partial charge in [-0.1, -0.05) is 36.8 Å². The van der Waals surface area contributed by atoms with Crippen molar-refractivity contribution in [2.75, 3.05) is 24.5 Å². The first-order valence-electron chi connectivity index (χ1n) is 11.5. The van der Waals surface area contributed by atoms with Crippen LogP contribution in [0.25, 0.3) is 0 Å². The topological polar surface area (TPSA) is 49.4 Å². The first kappa shape index (κ1) is 23.5. The summed E-state index contributed by atoms with van der Waals surface area (Å²) in [5.41, 5.74) is 5.72. The summed E-state index contributed by atoms with van der Waals surface area (Å²) in [6.45, 7) is 2.85. The van der Waals surface area contributed by atoms with Gasteiger partial charge in [-0.3, -0.25) is 9.59 Å². The average molecular weight is 441 g/mol. The molecule has 0 atom stereocenters. The minimum absolute atomic E-state index is 0. The summed E-state index contributed by atoms with van der Waals surface area (Å²) in [6.07, 6.45) is 8.27. The Kier molecular flexibility index (Phi) is 8.68. The summed E-state index contributed by atoms with van der Waals surface area (Å²) in [5.74, 6) is 0.481. The molecule has 0 spiro atoms. The van der Waals surface area contributed by atoms with Crippen LogP contribution in [0.2, 0.25) is 0 Å². The molecule has 2 aliphatic heterocycles. The third kappa shape index (κ3) is 5.96. The quantitative estimate of drug-likeness (QED) is 0.399. The molecule has 166 valence electrons. The van der Waals surface area contributed by atoms with E-state index in [2.05, 4.69) is 35.6 Å². The maximum atomic E-state index is 12.7. The second-order valence-electron chi connectivity index (χ2n) is 8.51. The molecule has 0 radical (unpaired) electrons. The zero-order valence-corrected chi connectivity index (χ0v) is 19.0. The molecule has 0 aromatic heterocycles. The number of amides is 1. The lowest BCUT2D eigenvalue weighted by Crippen LogP contribution is -2.32. The fourth-order valence-electron chi connectivity index (χ4n) is 4.66. The highest BCUT2D eigenvalue weighted by Crippen LogP contribution is 2.37. The van der Waals surface area contributed by atoms with Crippen molar-refractivity contribution in [1.29, 1.82) is 0 Å². The van der Waals surface area contributed by atoms with E-state index in [-0.39, 0.29) is 24.1 Å². The molecule has 2 aliphatic rings. The molecule has 5 heteroatoms. The Bertz CT molecular complexity index is 898. The van der Waals surface area contributed by atoms with Crippen LogP contribution in [0.15, 0.2) is 42.5 Å². The van der Waals surface area contributed by atoms with Crippen LogP contribution in [0, 0.1) is 0 Å². The number of unbranched alkanes of at least 4 members (excludes halogenated alkanes) is 2. The van der Waals surface area contributed by atoms with E-state index in [0.717, 1.165) is 75.8 Å². The summed E-state index contributed by atoms with van der Waals surface area (Å²) in [4.78, 5) is 26.6. The molecule has 0 aliphatic carbocycles. The average Bonchev–Trinajstić information content (AvgIpc) is 3.21. The van der Waals surface area contributed by atoms with E-state index < -0.39 is 0 Å². The fourth-order valence-corrected chi connectivity index (χ4v) is 4.66. The first-order chi connectivity index (χ1) is 14.7. The summed E-state index contributed by atoms with van der Waals surface area (Å²) in [5, 5.41) is 3.52. The second-order valence-corrected chi connectivity index (χ2v) is 8.51. The first-order valence-corrected chi connectivity index (χ1v) is 11.5. The number of carbonyl (C=O) groups is 2. The third-order valence-corrected chi connectivity index (χ3v) is 6.29. The molecule has 0 saturated carbocycles. The lowest BCUT2D eigenvalue weighted by atomic mass is 9.94. The normalized spacial score (nSPS) is 14.3. The monoisotopic (exact) mass is 440 g/mol. The number of rotatable bonds is 11. The highest BCUT2D eigenvalue weighted by molar-refractivity contribution is 6.02. The van der Waals surface area contributed by atoms with Crippen LogP contribution in [0.5, 0.6) is 0 Å². The van der Waals surface area contributed by atoms with Crippen molar-refractivity contribution in [2.45, 2.75) is 57.8 Å². The molecule has 0 bridgehead atoms. The molecule has 0 unspecified atom stereocenters. The maximum Gasteiger partial charge on any atom is 0.227 e. The Morgan fingerprint density at radius 2 is 1.65 bits per heavy atom. The van der Waals surface area contributed by atoms with Crippen LogP contribution >= 0.6 is 12.4 Å². The number of nitrogens with zero attached hydrogens (tertiary/aromatic N) is 1. The zero-order valence-electron chi connectivity index (χ0n) is 18.2. The highest BCUT2D eigenvalue weighted by atomic mass is 35.5. The molecule has 1 N–H and O–H groups in total. The van der Waals surface area contributed by atoms with E-state index >= 15 is 0 Å². The predicted octanol–water partition coefficient (Wildman–Crippen LogP) is 4.91. The van der Waals surface area contributed by atoms with E-state index in [4.69, 9.17) is 0 Å². The number of aryl methyl sites for hydroxylation is 2.